The van der Waals surface area contributed by atoms with E-state index in [-0.39, 0.29) is 5.91 Å². The van der Waals surface area contributed by atoms with Crippen LogP contribution in [0.25, 0.3) is 0 Å². The van der Waals surface area contributed by atoms with Gasteiger partial charge in [-0.25, -0.2) is 4.79 Å². The largest absolute Gasteiger partial charge is 0.444 e. The fraction of sp³-hybridized carbons (Fsp3) is 0.857. The summed E-state index contributed by atoms with van der Waals surface area (Å²) < 4.78 is 5.10. The third kappa shape index (κ3) is 6.75. The Hall–Kier alpha value is -1.30. The minimum absolute atomic E-state index is 0.194. The van der Waals surface area contributed by atoms with Crippen LogP contribution >= 0.6 is 0 Å². The van der Waals surface area contributed by atoms with Gasteiger partial charge in [-0.3, -0.25) is 4.79 Å². The van der Waals surface area contributed by atoms with Gasteiger partial charge < -0.3 is 20.3 Å². The first-order valence-electron chi connectivity index (χ1n) is 7.16. The number of hydrogen-bond acceptors (Lipinski definition) is 4. The standard InChI is InChI=1S/C14H27N3O3/c1-10(16-13(19)20-14(2,3)4)12(18)15-8-9-17(5)11-6-7-11/h10-11H,6-9H2,1-5H3,(H,15,18)(H,16,19). The molecule has 1 saturated carbocycles. The monoisotopic (exact) mass is 285 g/mol. The molecule has 0 aromatic heterocycles. The van der Waals surface area contributed by atoms with Crippen molar-refractivity contribution >= 4 is 12.0 Å². The minimum atomic E-state index is -0.601. The molecule has 20 heavy (non-hydrogen) atoms. The molecular formula is C14H27N3O3. The number of ether oxygens (including phenoxy) is 1. The van der Waals surface area contributed by atoms with Crippen molar-refractivity contribution in [3.05, 3.63) is 0 Å². The Bertz CT molecular complexity index is 348. The molecular weight excluding hydrogens is 258 g/mol. The molecule has 0 aromatic rings. The fourth-order valence-electron chi connectivity index (χ4n) is 1.76. The van der Waals surface area contributed by atoms with Crippen LogP contribution in [0.1, 0.15) is 40.5 Å². The van der Waals surface area contributed by atoms with E-state index in [1.54, 1.807) is 27.7 Å². The topological polar surface area (TPSA) is 70.7 Å². The van der Waals surface area contributed by atoms with Gasteiger partial charge in [0.05, 0.1) is 0 Å². The average Bonchev–Trinajstić information content (AvgIpc) is 3.09. The Morgan fingerprint density at radius 3 is 2.45 bits per heavy atom. The average molecular weight is 285 g/mol. The lowest BCUT2D eigenvalue weighted by Crippen LogP contribution is -2.47. The molecule has 0 aromatic carbocycles. The zero-order valence-corrected chi connectivity index (χ0v) is 13.2. The number of hydrogen-bond donors (Lipinski definition) is 2. The van der Waals surface area contributed by atoms with Gasteiger partial charge in [-0.15, -0.1) is 0 Å². The maximum atomic E-state index is 11.8. The van der Waals surface area contributed by atoms with Crippen molar-refractivity contribution in [3.63, 3.8) is 0 Å². The van der Waals surface area contributed by atoms with Crippen LogP contribution < -0.4 is 10.6 Å². The highest BCUT2D eigenvalue weighted by Gasteiger charge is 2.26. The maximum absolute atomic E-state index is 11.8. The zero-order valence-electron chi connectivity index (χ0n) is 13.2. The van der Waals surface area contributed by atoms with Crippen molar-refractivity contribution in [2.24, 2.45) is 0 Å². The Labute approximate surface area is 121 Å². The molecule has 116 valence electrons. The maximum Gasteiger partial charge on any atom is 0.408 e. The van der Waals surface area contributed by atoms with Crippen molar-refractivity contribution in [3.8, 4) is 0 Å². The molecule has 1 aliphatic rings. The molecule has 0 heterocycles. The molecule has 1 rings (SSSR count). The summed E-state index contributed by atoms with van der Waals surface area (Å²) in [7, 11) is 2.06. The van der Waals surface area contributed by atoms with Gasteiger partial charge in [-0.1, -0.05) is 0 Å². The normalized spacial score (nSPS) is 16.7. The van der Waals surface area contributed by atoms with Crippen LogP contribution in [0.15, 0.2) is 0 Å². The summed E-state index contributed by atoms with van der Waals surface area (Å²) in [5.74, 6) is -0.194. The second-order valence-electron chi connectivity index (χ2n) is 6.37. The molecule has 0 saturated heterocycles. The third-order valence-corrected chi connectivity index (χ3v) is 3.06. The van der Waals surface area contributed by atoms with Crippen molar-refractivity contribution in [1.29, 1.82) is 0 Å². The van der Waals surface area contributed by atoms with Crippen LogP contribution in [0.3, 0.4) is 0 Å². The van der Waals surface area contributed by atoms with Crippen LogP contribution in [-0.2, 0) is 9.53 Å². The van der Waals surface area contributed by atoms with Gasteiger partial charge in [0, 0.05) is 19.1 Å². The molecule has 0 bridgehead atoms. The van der Waals surface area contributed by atoms with E-state index in [2.05, 4.69) is 22.6 Å². The van der Waals surface area contributed by atoms with Crippen LogP contribution in [0.2, 0.25) is 0 Å². The smallest absolute Gasteiger partial charge is 0.408 e. The van der Waals surface area contributed by atoms with Gasteiger partial charge in [-0.05, 0) is 47.6 Å². The number of nitrogens with zero attached hydrogens (tertiary/aromatic N) is 1. The van der Waals surface area contributed by atoms with Crippen LogP contribution in [0, 0.1) is 0 Å². The molecule has 6 nitrogen and oxygen atoms in total. The number of likely N-dealkylation sites (N-methyl/N-ethyl adjacent to an activating group) is 1. The SMILES string of the molecule is CC(NC(=O)OC(C)(C)C)C(=O)NCCN(C)C1CC1. The predicted molar refractivity (Wildman–Crippen MR) is 77.5 cm³/mol. The molecule has 1 aliphatic carbocycles. The number of carbonyl (C=O) groups excluding carboxylic acids is 2. The second kappa shape index (κ2) is 6.92. The van der Waals surface area contributed by atoms with E-state index >= 15 is 0 Å². The Morgan fingerprint density at radius 1 is 1.35 bits per heavy atom. The van der Waals surface area contributed by atoms with Gasteiger partial charge in [0.25, 0.3) is 0 Å². The van der Waals surface area contributed by atoms with Crippen LogP contribution in [-0.4, -0.2) is 54.7 Å². The van der Waals surface area contributed by atoms with Gasteiger partial charge >= 0.3 is 6.09 Å². The number of nitrogens with one attached hydrogen (secondary N) is 2. The van der Waals surface area contributed by atoms with E-state index in [1.165, 1.54) is 12.8 Å². The number of rotatable bonds is 6. The molecule has 0 spiro atoms. The second-order valence-corrected chi connectivity index (χ2v) is 6.37. The summed E-state index contributed by atoms with van der Waals surface area (Å²) in [6.07, 6.45) is 1.93. The Balaban J connectivity index is 2.19. The van der Waals surface area contributed by atoms with Gasteiger partial charge in [0.2, 0.25) is 5.91 Å². The minimum Gasteiger partial charge on any atom is -0.444 e. The molecule has 2 N–H and O–H groups in total. The predicted octanol–water partition coefficient (Wildman–Crippen LogP) is 1.11. The number of amides is 2. The first kappa shape index (κ1) is 16.8. The van der Waals surface area contributed by atoms with E-state index in [0.29, 0.717) is 12.6 Å². The summed E-state index contributed by atoms with van der Waals surface area (Å²) in [6.45, 7) is 8.41. The van der Waals surface area contributed by atoms with Crippen LogP contribution in [0.5, 0.6) is 0 Å². The molecule has 1 fully saturated rings. The molecule has 6 heteroatoms. The first-order chi connectivity index (χ1) is 9.19. The van der Waals surface area contributed by atoms with Gasteiger partial charge in [0.15, 0.2) is 0 Å². The lowest BCUT2D eigenvalue weighted by Gasteiger charge is -2.22. The fourth-order valence-corrected chi connectivity index (χ4v) is 1.76. The van der Waals surface area contributed by atoms with Gasteiger partial charge in [0.1, 0.15) is 11.6 Å². The van der Waals surface area contributed by atoms with Crippen molar-refractivity contribution < 1.29 is 14.3 Å². The molecule has 1 atom stereocenters. The summed E-state index contributed by atoms with van der Waals surface area (Å²) in [5.41, 5.74) is -0.562. The van der Waals surface area contributed by atoms with Crippen LogP contribution in [0.4, 0.5) is 4.79 Å². The molecule has 0 radical (unpaired) electrons. The molecule has 0 aliphatic heterocycles. The van der Waals surface area contributed by atoms with Crippen molar-refractivity contribution in [2.45, 2.75) is 58.2 Å². The van der Waals surface area contributed by atoms with Crippen molar-refractivity contribution in [2.75, 3.05) is 20.1 Å². The highest BCUT2D eigenvalue weighted by Crippen LogP contribution is 2.24. The summed E-state index contributed by atoms with van der Waals surface area (Å²) in [4.78, 5) is 25.6. The number of carbonyl (C=O) groups is 2. The van der Waals surface area contributed by atoms with E-state index < -0.39 is 17.7 Å². The van der Waals surface area contributed by atoms with E-state index in [0.717, 1.165) is 6.54 Å². The molecule has 2 amide bonds. The van der Waals surface area contributed by atoms with E-state index in [9.17, 15) is 9.59 Å². The van der Waals surface area contributed by atoms with E-state index in [1.807, 2.05) is 0 Å². The lowest BCUT2D eigenvalue weighted by molar-refractivity contribution is -0.122. The quantitative estimate of drug-likeness (QED) is 0.767. The molecule has 1 unspecified atom stereocenters. The lowest BCUT2D eigenvalue weighted by atomic mass is 10.2. The first-order valence-corrected chi connectivity index (χ1v) is 7.16. The highest BCUT2D eigenvalue weighted by molar-refractivity contribution is 5.85. The zero-order chi connectivity index (χ0) is 15.3. The summed E-state index contributed by atoms with van der Waals surface area (Å²) in [6, 6.07) is 0.0836. The Morgan fingerprint density at radius 2 is 1.95 bits per heavy atom. The van der Waals surface area contributed by atoms with Crippen molar-refractivity contribution in [1.82, 2.24) is 15.5 Å². The number of alkyl carbamates (subject to hydrolysis) is 1. The third-order valence-electron chi connectivity index (χ3n) is 3.06. The summed E-state index contributed by atoms with van der Waals surface area (Å²) >= 11 is 0. The van der Waals surface area contributed by atoms with E-state index in [4.69, 9.17) is 4.74 Å². The highest BCUT2D eigenvalue weighted by atomic mass is 16.6. The summed E-state index contributed by atoms with van der Waals surface area (Å²) in [5, 5.41) is 5.34. The van der Waals surface area contributed by atoms with Gasteiger partial charge in [-0.2, -0.15) is 0 Å². The Kier molecular flexibility index (Phi) is 5.80.